The highest BCUT2D eigenvalue weighted by Crippen LogP contribution is 2.38. The van der Waals surface area contributed by atoms with Crippen LogP contribution < -0.4 is 9.64 Å². The Balaban J connectivity index is 1.56. The second-order valence-electron chi connectivity index (χ2n) is 7.38. The number of ether oxygens (including phenoxy) is 2. The first-order valence-electron chi connectivity index (χ1n) is 8.97. The molecule has 25 heavy (non-hydrogen) atoms. The van der Waals surface area contributed by atoms with Crippen LogP contribution in [0.5, 0.6) is 5.75 Å². The van der Waals surface area contributed by atoms with Crippen molar-refractivity contribution in [3.63, 3.8) is 0 Å². The number of aromatic nitrogens is 1. The Morgan fingerprint density at radius 3 is 2.88 bits per heavy atom. The van der Waals surface area contributed by atoms with Crippen molar-refractivity contribution in [2.75, 3.05) is 31.7 Å². The minimum atomic E-state index is -0.845. The fraction of sp³-hybridized carbons (Fsp3) is 0.667. The molecule has 4 rings (SSSR count). The first-order valence-corrected chi connectivity index (χ1v) is 8.97. The van der Waals surface area contributed by atoms with Crippen molar-refractivity contribution in [2.24, 2.45) is 5.92 Å². The Morgan fingerprint density at radius 2 is 2.20 bits per heavy atom. The molecular formula is C18H25N3O4. The lowest BCUT2D eigenvalue weighted by molar-refractivity contribution is 0.107. The summed E-state index contributed by atoms with van der Waals surface area (Å²) in [5.74, 6) is 2.44. The Labute approximate surface area is 147 Å². The molecule has 0 bridgehead atoms. The largest absolute Gasteiger partial charge is 0.495 e. The molecule has 2 fully saturated rings. The number of carbonyl (C=O) groups is 1. The van der Waals surface area contributed by atoms with Gasteiger partial charge in [-0.3, -0.25) is 0 Å². The summed E-state index contributed by atoms with van der Waals surface area (Å²) in [6.07, 6.45) is 2.49. The van der Waals surface area contributed by atoms with Crippen molar-refractivity contribution >= 4 is 11.9 Å². The first-order chi connectivity index (χ1) is 12.1. The lowest BCUT2D eigenvalue weighted by Crippen LogP contribution is -2.58. The minimum absolute atomic E-state index is 0.109. The molecular weight excluding hydrogens is 322 g/mol. The number of methoxy groups -OCH3 is 1. The van der Waals surface area contributed by atoms with Gasteiger partial charge in [0.2, 0.25) is 0 Å². The van der Waals surface area contributed by atoms with Gasteiger partial charge in [0.05, 0.1) is 19.8 Å². The van der Waals surface area contributed by atoms with Gasteiger partial charge in [-0.05, 0) is 38.2 Å². The summed E-state index contributed by atoms with van der Waals surface area (Å²) in [7, 11) is 1.66. The summed E-state index contributed by atoms with van der Waals surface area (Å²) in [4.78, 5) is 20.0. The van der Waals surface area contributed by atoms with Gasteiger partial charge in [-0.2, -0.15) is 0 Å². The Hall–Kier alpha value is -2.02. The van der Waals surface area contributed by atoms with Gasteiger partial charge in [-0.1, -0.05) is 0 Å². The van der Waals surface area contributed by atoms with E-state index in [0.717, 1.165) is 35.9 Å². The van der Waals surface area contributed by atoms with Crippen LogP contribution in [0.3, 0.4) is 0 Å². The molecule has 3 heterocycles. The van der Waals surface area contributed by atoms with Crippen LogP contribution >= 0.6 is 0 Å². The normalized spacial score (nSPS) is 24.9. The van der Waals surface area contributed by atoms with Gasteiger partial charge in [0, 0.05) is 31.3 Å². The fourth-order valence-electron chi connectivity index (χ4n) is 3.96. The molecule has 2 atom stereocenters. The van der Waals surface area contributed by atoms with Crippen molar-refractivity contribution in [2.45, 2.75) is 44.9 Å². The third kappa shape index (κ3) is 3.13. The molecule has 1 saturated heterocycles. The van der Waals surface area contributed by atoms with E-state index in [9.17, 15) is 9.90 Å². The Kier molecular flexibility index (Phi) is 4.19. The molecule has 2 aliphatic heterocycles. The number of hydrogen-bond acceptors (Lipinski definition) is 5. The molecule has 0 unspecified atom stereocenters. The van der Waals surface area contributed by atoms with Crippen molar-refractivity contribution in [3.05, 3.63) is 17.3 Å². The number of nitrogens with zero attached hydrogens (tertiary/aromatic N) is 3. The summed E-state index contributed by atoms with van der Waals surface area (Å²) in [5.41, 5.74) is 1.96. The highest BCUT2D eigenvalue weighted by atomic mass is 16.5. The maximum absolute atomic E-state index is 11.3. The van der Waals surface area contributed by atoms with Crippen molar-refractivity contribution < 1.29 is 19.4 Å². The van der Waals surface area contributed by atoms with E-state index in [1.165, 1.54) is 17.7 Å². The number of anilines is 1. The SMILES string of the molecule is COc1cc2c(nc1COCC1CC1)N1[C@H](C2)CN(C(=O)O)C[C@H]1C. The number of fused-ring (bicyclic) bond motifs is 3. The molecule has 7 nitrogen and oxygen atoms in total. The van der Waals surface area contributed by atoms with Crippen LogP contribution in [0.25, 0.3) is 0 Å². The smallest absolute Gasteiger partial charge is 0.407 e. The third-order valence-electron chi connectivity index (χ3n) is 5.38. The number of hydrogen-bond donors (Lipinski definition) is 1. The quantitative estimate of drug-likeness (QED) is 0.879. The summed E-state index contributed by atoms with van der Waals surface area (Å²) in [6, 6.07) is 2.31. The number of carboxylic acid groups (broad SMARTS) is 1. The van der Waals surface area contributed by atoms with Gasteiger partial charge < -0.3 is 24.4 Å². The number of pyridine rings is 1. The average molecular weight is 347 g/mol. The van der Waals surface area contributed by atoms with Gasteiger partial charge in [0.25, 0.3) is 0 Å². The molecule has 1 aromatic rings. The van der Waals surface area contributed by atoms with Crippen LogP contribution in [0.4, 0.5) is 10.6 Å². The maximum atomic E-state index is 11.3. The molecule has 1 N–H and O–H groups in total. The van der Waals surface area contributed by atoms with Gasteiger partial charge >= 0.3 is 6.09 Å². The second kappa shape index (κ2) is 6.37. The van der Waals surface area contributed by atoms with Crippen LogP contribution in [0, 0.1) is 5.92 Å². The van der Waals surface area contributed by atoms with Crippen LogP contribution in [0.2, 0.25) is 0 Å². The molecule has 7 heteroatoms. The zero-order valence-electron chi connectivity index (χ0n) is 14.8. The Bertz CT molecular complexity index is 677. The molecule has 136 valence electrons. The molecule has 0 aromatic carbocycles. The maximum Gasteiger partial charge on any atom is 0.407 e. The van der Waals surface area contributed by atoms with E-state index >= 15 is 0 Å². The number of amides is 1. The predicted molar refractivity (Wildman–Crippen MR) is 92.2 cm³/mol. The predicted octanol–water partition coefficient (Wildman–Crippen LogP) is 2.13. The fourth-order valence-corrected chi connectivity index (χ4v) is 3.96. The van der Waals surface area contributed by atoms with Crippen molar-refractivity contribution in [3.8, 4) is 5.75 Å². The highest BCUT2D eigenvalue weighted by Gasteiger charge is 2.41. The number of rotatable bonds is 5. The standard InChI is InChI=1S/C18H25N3O4/c1-11-7-20(18(22)23)8-14-5-13-6-16(24-2)15(19-17(13)21(11)14)10-25-9-12-3-4-12/h6,11-12,14H,3-5,7-10H2,1-2H3,(H,22,23)/t11-,14-/m1/s1. The van der Waals surface area contributed by atoms with Crippen molar-refractivity contribution in [1.29, 1.82) is 0 Å². The second-order valence-corrected chi connectivity index (χ2v) is 7.38. The highest BCUT2D eigenvalue weighted by molar-refractivity contribution is 5.67. The summed E-state index contributed by atoms with van der Waals surface area (Å²) in [6.45, 7) is 4.34. The van der Waals surface area contributed by atoms with Gasteiger partial charge in [-0.25, -0.2) is 9.78 Å². The zero-order valence-corrected chi connectivity index (χ0v) is 14.8. The topological polar surface area (TPSA) is 75.1 Å². The van der Waals surface area contributed by atoms with Gasteiger partial charge in [0.15, 0.2) is 0 Å². The molecule has 1 amide bonds. The van der Waals surface area contributed by atoms with Crippen LogP contribution in [-0.4, -0.2) is 60.0 Å². The third-order valence-corrected chi connectivity index (χ3v) is 5.38. The van der Waals surface area contributed by atoms with E-state index in [2.05, 4.69) is 11.8 Å². The van der Waals surface area contributed by atoms with Crippen LogP contribution in [0.15, 0.2) is 6.07 Å². The monoisotopic (exact) mass is 347 g/mol. The van der Waals surface area contributed by atoms with Crippen LogP contribution in [0.1, 0.15) is 31.0 Å². The van der Waals surface area contributed by atoms with E-state index in [1.807, 2.05) is 6.07 Å². The lowest BCUT2D eigenvalue weighted by atomic mass is 10.1. The summed E-state index contributed by atoms with van der Waals surface area (Å²) < 4.78 is 11.3. The summed E-state index contributed by atoms with van der Waals surface area (Å²) >= 11 is 0. The Morgan fingerprint density at radius 1 is 1.40 bits per heavy atom. The average Bonchev–Trinajstić information content (AvgIpc) is 3.33. The molecule has 0 radical (unpaired) electrons. The van der Waals surface area contributed by atoms with E-state index in [4.69, 9.17) is 14.5 Å². The molecule has 3 aliphatic rings. The first kappa shape index (κ1) is 16.4. The zero-order chi connectivity index (χ0) is 17.6. The summed E-state index contributed by atoms with van der Waals surface area (Å²) in [5, 5.41) is 9.32. The minimum Gasteiger partial charge on any atom is -0.495 e. The van der Waals surface area contributed by atoms with Crippen LogP contribution in [-0.2, 0) is 17.8 Å². The van der Waals surface area contributed by atoms with E-state index in [1.54, 1.807) is 7.11 Å². The van der Waals surface area contributed by atoms with E-state index in [0.29, 0.717) is 25.6 Å². The van der Waals surface area contributed by atoms with E-state index in [-0.39, 0.29) is 12.1 Å². The molecule has 1 aromatic heterocycles. The lowest BCUT2D eigenvalue weighted by Gasteiger charge is -2.42. The number of piperazine rings is 1. The molecule has 1 aliphatic carbocycles. The molecule has 0 spiro atoms. The van der Waals surface area contributed by atoms with Gasteiger partial charge in [-0.15, -0.1) is 0 Å². The molecule has 1 saturated carbocycles. The van der Waals surface area contributed by atoms with Crippen molar-refractivity contribution in [1.82, 2.24) is 9.88 Å². The van der Waals surface area contributed by atoms with Gasteiger partial charge in [0.1, 0.15) is 17.3 Å². The van der Waals surface area contributed by atoms with E-state index < -0.39 is 6.09 Å².